The largest absolute Gasteiger partial charge is 0.277 e. The molecule has 0 amide bonds. The molecule has 0 saturated heterocycles. The van der Waals surface area contributed by atoms with Gasteiger partial charge >= 0.3 is 0 Å². The minimum absolute atomic E-state index is 0.174. The molecule has 0 N–H and O–H groups in total. The summed E-state index contributed by atoms with van der Waals surface area (Å²) >= 11 is 0.174. The van der Waals surface area contributed by atoms with Gasteiger partial charge in [0.15, 0.2) is 0 Å². The van der Waals surface area contributed by atoms with E-state index >= 15 is 0 Å². The van der Waals surface area contributed by atoms with E-state index in [0.29, 0.717) is 0 Å². The Morgan fingerprint density at radius 3 is 1.33 bits per heavy atom. The number of thiol groups is 1. The maximum atomic E-state index is 2.23. The fourth-order valence-corrected chi connectivity index (χ4v) is 0. The quantitative estimate of drug-likeness (QED) is 0.483. The molecule has 0 spiro atoms. The smallest absolute Gasteiger partial charge is 0.00464 e. The van der Waals surface area contributed by atoms with Gasteiger partial charge < -0.3 is 0 Å². The topological polar surface area (TPSA) is 3.24 Å². The Morgan fingerprint density at radius 2 is 1.33 bits per heavy atom. The lowest BCUT2D eigenvalue weighted by Gasteiger charge is -2.17. The monoisotopic (exact) mass is 107 g/mol. The summed E-state index contributed by atoms with van der Waals surface area (Å²) in [5.74, 6) is 0. The van der Waals surface area contributed by atoms with Crippen LogP contribution >= 0.6 is 11.1 Å². The number of nitrogens with zero attached hydrogens (tertiary/aromatic N) is 1. The third-order valence-electron chi connectivity index (χ3n) is 0.800. The van der Waals surface area contributed by atoms with E-state index in [1.165, 1.54) is 0 Å². The molecule has 0 aliphatic heterocycles. The Labute approximate surface area is 42.8 Å². The molecule has 0 bridgehead atoms. The summed E-state index contributed by atoms with van der Waals surface area (Å²) in [6.45, 7) is 0. The van der Waals surface area contributed by atoms with Gasteiger partial charge in [0.2, 0.25) is 0 Å². The van der Waals surface area contributed by atoms with E-state index in [1.54, 1.807) is 0 Å². The first-order valence-corrected chi connectivity index (χ1v) is 4.18. The molecule has 6 heavy (non-hydrogen) atoms. The molecule has 2 heteroatoms. The van der Waals surface area contributed by atoms with Gasteiger partial charge in [0.25, 0.3) is 0 Å². The van der Waals surface area contributed by atoms with Gasteiger partial charge in [0.1, 0.15) is 0 Å². The summed E-state index contributed by atoms with van der Waals surface area (Å²) in [6, 6.07) is 0. The fraction of sp³-hybridized carbons (Fsp3) is 1.00. The molecule has 0 atom stereocenters. The van der Waals surface area contributed by atoms with Crippen molar-refractivity contribution in [3.63, 3.8) is 0 Å². The van der Waals surface area contributed by atoms with Crippen molar-refractivity contribution in [3.05, 3.63) is 0 Å². The van der Waals surface area contributed by atoms with Crippen molar-refractivity contribution in [2.75, 3.05) is 26.6 Å². The third kappa shape index (κ3) is 2.54. The first kappa shape index (κ1) is 6.31. The first-order chi connectivity index (χ1) is 2.64. The molecule has 0 heterocycles. The molecule has 0 aromatic heterocycles. The van der Waals surface area contributed by atoms with Crippen molar-refractivity contribution >= 4 is 11.1 Å². The van der Waals surface area contributed by atoms with Crippen LogP contribution in [0.25, 0.3) is 0 Å². The van der Waals surface area contributed by atoms with E-state index < -0.39 is 0 Å². The van der Waals surface area contributed by atoms with Crippen LogP contribution in [0.2, 0.25) is 0 Å². The average molecular weight is 107 g/mol. The Morgan fingerprint density at radius 1 is 1.17 bits per heavy atom. The highest BCUT2D eigenvalue weighted by Gasteiger charge is 1.84. The number of rotatable bonds is 1. The lowest BCUT2D eigenvalue weighted by Crippen LogP contribution is -2.04. The van der Waals surface area contributed by atoms with Crippen molar-refractivity contribution in [2.24, 2.45) is 0 Å². The second-order valence-corrected chi connectivity index (χ2v) is 4.19. The SMILES string of the molecule is CN(C)[SH](C)C. The molecule has 0 aromatic rings. The van der Waals surface area contributed by atoms with Crippen molar-refractivity contribution in [1.82, 2.24) is 4.31 Å². The highest BCUT2D eigenvalue weighted by molar-refractivity contribution is 8.13. The van der Waals surface area contributed by atoms with Crippen LogP contribution in [0.3, 0.4) is 0 Å². The minimum Gasteiger partial charge on any atom is -0.277 e. The molecule has 0 fully saturated rings. The predicted molar refractivity (Wildman–Crippen MR) is 34.5 cm³/mol. The average Bonchev–Trinajstić information content (AvgIpc) is 1.36. The highest BCUT2D eigenvalue weighted by Crippen LogP contribution is 2.13. The van der Waals surface area contributed by atoms with Crippen LogP contribution in [0.15, 0.2) is 0 Å². The summed E-state index contributed by atoms with van der Waals surface area (Å²) in [6.07, 6.45) is 4.46. The van der Waals surface area contributed by atoms with Crippen LogP contribution < -0.4 is 0 Å². The molecule has 0 rings (SSSR count). The van der Waals surface area contributed by atoms with Gasteiger partial charge in [-0.25, -0.2) is 11.1 Å². The number of hydrogen-bond donors (Lipinski definition) is 1. The van der Waals surface area contributed by atoms with E-state index in [1.807, 2.05) is 0 Å². The number of hydrogen-bond acceptors (Lipinski definition) is 1. The van der Waals surface area contributed by atoms with Crippen LogP contribution in [0, 0.1) is 0 Å². The zero-order valence-corrected chi connectivity index (χ0v) is 5.79. The van der Waals surface area contributed by atoms with Crippen molar-refractivity contribution in [1.29, 1.82) is 0 Å². The van der Waals surface area contributed by atoms with Gasteiger partial charge in [-0.15, -0.1) is 0 Å². The predicted octanol–water partition coefficient (Wildman–Crippen LogP) is 0.724. The van der Waals surface area contributed by atoms with Crippen LogP contribution in [0.4, 0.5) is 0 Å². The van der Waals surface area contributed by atoms with Gasteiger partial charge in [-0.1, -0.05) is 0 Å². The van der Waals surface area contributed by atoms with Crippen molar-refractivity contribution < 1.29 is 0 Å². The Hall–Kier alpha value is 0.310. The van der Waals surface area contributed by atoms with E-state index in [4.69, 9.17) is 0 Å². The van der Waals surface area contributed by atoms with Crippen LogP contribution in [-0.4, -0.2) is 30.9 Å². The Bertz CT molecular complexity index is 28.5. The maximum Gasteiger partial charge on any atom is -0.00464 e. The van der Waals surface area contributed by atoms with Crippen molar-refractivity contribution in [3.8, 4) is 0 Å². The molecule has 0 aliphatic rings. The van der Waals surface area contributed by atoms with E-state index in [0.717, 1.165) is 0 Å². The molecule has 0 saturated carbocycles. The van der Waals surface area contributed by atoms with Gasteiger partial charge in [-0.2, -0.15) is 0 Å². The maximum absolute atomic E-state index is 2.23. The van der Waals surface area contributed by atoms with Crippen LogP contribution in [-0.2, 0) is 0 Å². The standard InChI is InChI=1S/C4H13NS/c1-5(2)6(3)4/h6H,1-4H3. The summed E-state index contributed by atoms with van der Waals surface area (Å²) < 4.78 is 2.23. The zero-order chi connectivity index (χ0) is 5.15. The molecule has 0 radical (unpaired) electrons. The molecular formula is C4H13NS. The second kappa shape index (κ2) is 2.48. The summed E-state index contributed by atoms with van der Waals surface area (Å²) in [5.41, 5.74) is 0. The second-order valence-electron chi connectivity index (χ2n) is 1.69. The molecule has 1 nitrogen and oxygen atoms in total. The molecule has 40 valence electrons. The van der Waals surface area contributed by atoms with Gasteiger partial charge in [0, 0.05) is 0 Å². The fourth-order valence-electron chi connectivity index (χ4n) is 0. The van der Waals surface area contributed by atoms with E-state index in [2.05, 4.69) is 30.9 Å². The zero-order valence-electron chi connectivity index (χ0n) is 4.89. The van der Waals surface area contributed by atoms with Gasteiger partial charge in [-0.05, 0) is 26.6 Å². The minimum atomic E-state index is 0.174. The molecular weight excluding hydrogens is 94.1 g/mol. The third-order valence-corrected chi connectivity index (χ3v) is 2.40. The Balaban J connectivity index is 2.99. The normalized spacial score (nSPS) is 12.5. The first-order valence-electron chi connectivity index (χ1n) is 1.99. The van der Waals surface area contributed by atoms with Crippen molar-refractivity contribution in [2.45, 2.75) is 0 Å². The van der Waals surface area contributed by atoms with Crippen LogP contribution in [0.5, 0.6) is 0 Å². The summed E-state index contributed by atoms with van der Waals surface area (Å²) in [7, 11) is 4.21. The van der Waals surface area contributed by atoms with E-state index in [-0.39, 0.29) is 11.1 Å². The van der Waals surface area contributed by atoms with E-state index in [9.17, 15) is 0 Å². The lowest BCUT2D eigenvalue weighted by molar-refractivity contribution is 0.698. The lowest BCUT2D eigenvalue weighted by atomic mass is 11.3. The molecule has 0 aromatic carbocycles. The highest BCUT2D eigenvalue weighted by atomic mass is 32.2. The van der Waals surface area contributed by atoms with Gasteiger partial charge in [0.05, 0.1) is 0 Å². The Kier molecular flexibility index (Phi) is 2.61. The van der Waals surface area contributed by atoms with Gasteiger partial charge in [-0.3, -0.25) is 4.31 Å². The molecule has 0 aliphatic carbocycles. The van der Waals surface area contributed by atoms with Crippen LogP contribution in [0.1, 0.15) is 0 Å². The molecule has 0 unspecified atom stereocenters. The summed E-state index contributed by atoms with van der Waals surface area (Å²) in [5, 5.41) is 0. The summed E-state index contributed by atoms with van der Waals surface area (Å²) in [4.78, 5) is 0.